The molecule has 4 heterocycles. The van der Waals surface area contributed by atoms with E-state index >= 15 is 0 Å². The van der Waals surface area contributed by atoms with Crippen LogP contribution in [0.3, 0.4) is 0 Å². The molecule has 0 fully saturated rings. The Kier molecular flexibility index (Phi) is 6.31. The van der Waals surface area contributed by atoms with Crippen LogP contribution in [-0.2, 0) is 4.84 Å². The van der Waals surface area contributed by atoms with Crippen LogP contribution in [0.4, 0.5) is 9.93 Å². The number of aliphatic imine (C=N–C) groups is 1. The van der Waals surface area contributed by atoms with Gasteiger partial charge in [0.05, 0.1) is 34.8 Å². The summed E-state index contributed by atoms with van der Waals surface area (Å²) >= 11 is 1.43. The fraction of sp³-hybridized carbons (Fsp3) is 0.320. The number of carbonyl (C=O) groups excluding carboxylic acids is 1. The molecule has 2 unspecified atom stereocenters. The van der Waals surface area contributed by atoms with E-state index in [9.17, 15) is 9.90 Å². The summed E-state index contributed by atoms with van der Waals surface area (Å²) in [6, 6.07) is 9.72. The van der Waals surface area contributed by atoms with Crippen molar-refractivity contribution < 1.29 is 14.7 Å². The fourth-order valence-corrected chi connectivity index (χ4v) is 5.03. The van der Waals surface area contributed by atoms with Crippen molar-refractivity contribution in [2.24, 2.45) is 10.1 Å². The van der Waals surface area contributed by atoms with Crippen LogP contribution in [-0.4, -0.2) is 57.8 Å². The number of aliphatic hydroxyl groups excluding tert-OH is 1. The van der Waals surface area contributed by atoms with Crippen molar-refractivity contribution >= 4 is 44.1 Å². The van der Waals surface area contributed by atoms with E-state index < -0.39 is 5.60 Å². The number of urea groups is 1. The normalized spacial score (nSPS) is 21.4. The van der Waals surface area contributed by atoms with Crippen molar-refractivity contribution in [2.45, 2.75) is 31.8 Å². The van der Waals surface area contributed by atoms with Gasteiger partial charge in [0.2, 0.25) is 0 Å². The number of hydrogen-bond donors (Lipinski definition) is 3. The number of rotatable bonds is 6. The molecule has 2 amide bonds. The highest BCUT2D eigenvalue weighted by atomic mass is 32.1. The monoisotopic (exact) mass is 490 g/mol. The highest BCUT2D eigenvalue weighted by Gasteiger charge is 2.35. The van der Waals surface area contributed by atoms with Crippen molar-refractivity contribution in [1.29, 1.82) is 0 Å². The second kappa shape index (κ2) is 9.55. The Labute approximate surface area is 206 Å². The summed E-state index contributed by atoms with van der Waals surface area (Å²) in [4.78, 5) is 31.4. The number of allylic oxidation sites excluding steroid dienone is 1. The van der Waals surface area contributed by atoms with Crippen molar-refractivity contribution in [1.82, 2.24) is 15.3 Å². The van der Waals surface area contributed by atoms with Gasteiger partial charge in [0.25, 0.3) is 0 Å². The number of anilines is 1. The molecule has 3 N–H and O–H groups in total. The Morgan fingerprint density at radius 2 is 2.23 bits per heavy atom. The molecular formula is C25H26N6O3S. The SMILES string of the molecule is CCNC(=O)Nc1nc2cc(C3C=CC(C4=NOC(C)(CO)C4)=NC3)cc(-c3ccccn3)c2s1. The van der Waals surface area contributed by atoms with Gasteiger partial charge in [0.15, 0.2) is 10.7 Å². The fourth-order valence-electron chi connectivity index (χ4n) is 4.06. The van der Waals surface area contributed by atoms with Gasteiger partial charge in [-0.25, -0.2) is 9.78 Å². The van der Waals surface area contributed by atoms with Gasteiger partial charge in [-0.05, 0) is 49.8 Å². The number of pyridine rings is 1. The standard InChI is InChI=1S/C25H26N6O3S/c1-3-26-23(33)30-24-29-20-11-16(10-17(22(20)35-24)18-6-4-5-9-27-18)15-7-8-19(28-13-15)21-12-25(2,14-32)34-31-21/h4-11,15,32H,3,12-14H2,1-2H3,(H2,26,29,30,33). The molecule has 5 rings (SSSR count). The molecule has 0 aliphatic carbocycles. The molecule has 10 heteroatoms. The van der Waals surface area contributed by atoms with Crippen LogP contribution in [0.1, 0.15) is 31.7 Å². The zero-order valence-electron chi connectivity index (χ0n) is 19.5. The number of aromatic nitrogens is 2. The number of amides is 2. The number of thiazole rings is 1. The summed E-state index contributed by atoms with van der Waals surface area (Å²) < 4.78 is 0.962. The average molecular weight is 491 g/mol. The van der Waals surface area contributed by atoms with Gasteiger partial charge in [-0.2, -0.15) is 0 Å². The lowest BCUT2D eigenvalue weighted by atomic mass is 9.91. The number of aliphatic hydroxyl groups is 1. The Morgan fingerprint density at radius 3 is 2.91 bits per heavy atom. The molecule has 0 saturated heterocycles. The molecule has 9 nitrogen and oxygen atoms in total. The van der Waals surface area contributed by atoms with Crippen LogP contribution in [0.15, 0.2) is 58.8 Å². The number of dihydropyridines is 1. The van der Waals surface area contributed by atoms with Crippen LogP contribution in [0.5, 0.6) is 0 Å². The molecule has 3 aromatic rings. The van der Waals surface area contributed by atoms with E-state index in [2.05, 4.69) is 44.0 Å². The van der Waals surface area contributed by atoms with Crippen LogP contribution >= 0.6 is 11.3 Å². The second-order valence-electron chi connectivity index (χ2n) is 8.74. The number of oxime groups is 1. The topological polar surface area (TPSA) is 121 Å². The molecule has 0 spiro atoms. The van der Waals surface area contributed by atoms with Gasteiger partial charge in [-0.15, -0.1) is 0 Å². The zero-order valence-corrected chi connectivity index (χ0v) is 20.3. The minimum atomic E-state index is -0.685. The maximum absolute atomic E-state index is 12.0. The van der Waals surface area contributed by atoms with Crippen LogP contribution in [0.2, 0.25) is 0 Å². The summed E-state index contributed by atoms with van der Waals surface area (Å²) in [6.45, 7) is 4.69. The first-order chi connectivity index (χ1) is 17.0. The molecule has 0 saturated carbocycles. The number of hydrogen-bond acceptors (Lipinski definition) is 8. The van der Waals surface area contributed by atoms with E-state index in [1.807, 2.05) is 38.1 Å². The van der Waals surface area contributed by atoms with Gasteiger partial charge < -0.3 is 15.3 Å². The maximum Gasteiger partial charge on any atom is 0.321 e. The third-order valence-corrected chi connectivity index (χ3v) is 6.95. The number of benzene rings is 1. The molecule has 2 aromatic heterocycles. The molecule has 0 bridgehead atoms. The number of carbonyl (C=O) groups is 1. The molecular weight excluding hydrogens is 464 g/mol. The average Bonchev–Trinajstić information content (AvgIpc) is 3.47. The first-order valence-corrected chi connectivity index (χ1v) is 12.3. The maximum atomic E-state index is 12.0. The minimum absolute atomic E-state index is 0.0549. The summed E-state index contributed by atoms with van der Waals surface area (Å²) in [5.74, 6) is 0.0549. The van der Waals surface area contributed by atoms with Crippen molar-refractivity contribution in [2.75, 3.05) is 25.0 Å². The highest BCUT2D eigenvalue weighted by Crippen LogP contribution is 2.38. The largest absolute Gasteiger partial charge is 0.392 e. The first kappa shape index (κ1) is 23.1. The number of nitrogens with zero attached hydrogens (tertiary/aromatic N) is 4. The molecule has 1 aromatic carbocycles. The molecule has 180 valence electrons. The smallest absolute Gasteiger partial charge is 0.321 e. The number of nitrogens with one attached hydrogen (secondary N) is 2. The van der Waals surface area contributed by atoms with E-state index in [0.29, 0.717) is 24.6 Å². The Balaban J connectivity index is 1.45. The van der Waals surface area contributed by atoms with E-state index in [0.717, 1.165) is 38.5 Å². The third-order valence-electron chi connectivity index (χ3n) is 5.93. The van der Waals surface area contributed by atoms with Crippen molar-refractivity contribution in [3.8, 4) is 11.3 Å². The van der Waals surface area contributed by atoms with Crippen molar-refractivity contribution in [3.63, 3.8) is 0 Å². The molecule has 35 heavy (non-hydrogen) atoms. The second-order valence-corrected chi connectivity index (χ2v) is 9.74. The van der Waals surface area contributed by atoms with Crippen LogP contribution in [0.25, 0.3) is 21.5 Å². The Hall–Kier alpha value is -3.63. The lowest BCUT2D eigenvalue weighted by Crippen LogP contribution is -2.30. The van der Waals surface area contributed by atoms with Gasteiger partial charge in [-0.1, -0.05) is 28.6 Å². The van der Waals surface area contributed by atoms with E-state index in [1.165, 1.54) is 11.3 Å². The molecule has 2 aliphatic heterocycles. The summed E-state index contributed by atoms with van der Waals surface area (Å²) in [6.07, 6.45) is 6.37. The predicted molar refractivity (Wildman–Crippen MR) is 138 cm³/mol. The number of fused-ring (bicyclic) bond motifs is 1. The van der Waals surface area contributed by atoms with Crippen LogP contribution in [0, 0.1) is 0 Å². The summed E-state index contributed by atoms with van der Waals surface area (Å²) in [5, 5.41) is 19.7. The zero-order chi connectivity index (χ0) is 24.4. The predicted octanol–water partition coefficient (Wildman–Crippen LogP) is 4.12. The minimum Gasteiger partial charge on any atom is -0.392 e. The molecule has 2 atom stereocenters. The van der Waals surface area contributed by atoms with Gasteiger partial charge in [0.1, 0.15) is 5.71 Å². The lowest BCUT2D eigenvalue weighted by Gasteiger charge is -2.19. The highest BCUT2D eigenvalue weighted by molar-refractivity contribution is 7.22. The summed E-state index contributed by atoms with van der Waals surface area (Å²) in [5.41, 5.74) is 4.53. The Morgan fingerprint density at radius 1 is 1.34 bits per heavy atom. The molecule has 2 aliphatic rings. The van der Waals surface area contributed by atoms with E-state index in [4.69, 9.17) is 9.83 Å². The van der Waals surface area contributed by atoms with E-state index in [1.54, 1.807) is 6.20 Å². The van der Waals surface area contributed by atoms with Crippen LogP contribution < -0.4 is 10.6 Å². The molecule has 0 radical (unpaired) electrons. The van der Waals surface area contributed by atoms with Gasteiger partial charge in [-0.3, -0.25) is 15.3 Å². The third kappa shape index (κ3) is 4.80. The van der Waals surface area contributed by atoms with E-state index in [-0.39, 0.29) is 18.6 Å². The Bertz CT molecular complexity index is 1350. The quantitative estimate of drug-likeness (QED) is 0.480. The lowest BCUT2D eigenvalue weighted by molar-refractivity contribution is -0.0428. The van der Waals surface area contributed by atoms with Crippen molar-refractivity contribution in [3.05, 3.63) is 54.2 Å². The van der Waals surface area contributed by atoms with Gasteiger partial charge >= 0.3 is 6.03 Å². The summed E-state index contributed by atoms with van der Waals surface area (Å²) in [7, 11) is 0. The van der Waals surface area contributed by atoms with Gasteiger partial charge in [0, 0.05) is 30.6 Å². The first-order valence-electron chi connectivity index (χ1n) is 11.5.